The number of carbonyl (C=O) groups excluding carboxylic acids is 1. The van der Waals surface area contributed by atoms with Crippen LogP contribution < -0.4 is 0 Å². The quantitative estimate of drug-likeness (QED) is 0.592. The number of H-pyrrole nitrogens is 1. The van der Waals surface area contributed by atoms with Gasteiger partial charge < -0.3 is 4.98 Å². The highest BCUT2D eigenvalue weighted by Crippen LogP contribution is 2.17. The van der Waals surface area contributed by atoms with Crippen molar-refractivity contribution >= 4 is 27.3 Å². The zero-order chi connectivity index (χ0) is 20.0. The van der Waals surface area contributed by atoms with Crippen LogP contribution in [0, 0.1) is 12.8 Å². The zero-order valence-corrected chi connectivity index (χ0v) is 17.3. The number of nitrogens with one attached hydrogen (secondary N) is 1. The van der Waals surface area contributed by atoms with Gasteiger partial charge in [0.25, 0.3) is 0 Å². The SMILES string of the molecule is Cc1nc2c(CCCCCS(=O)(=O)N(C)[C@H]([C]=O)CC(C)C)nccc2[nH]1. The Morgan fingerprint density at radius 3 is 2.67 bits per heavy atom. The van der Waals surface area contributed by atoms with Crippen LogP contribution in [0.3, 0.4) is 0 Å². The molecule has 27 heavy (non-hydrogen) atoms. The Balaban J connectivity index is 1.84. The first-order valence-corrected chi connectivity index (χ1v) is 11.0. The molecule has 149 valence electrons. The van der Waals surface area contributed by atoms with Crippen LogP contribution in [-0.4, -0.2) is 52.8 Å². The molecule has 0 unspecified atom stereocenters. The molecule has 0 aromatic carbocycles. The van der Waals surface area contributed by atoms with Crippen LogP contribution in [-0.2, 0) is 21.2 Å². The van der Waals surface area contributed by atoms with Crippen molar-refractivity contribution in [2.45, 2.75) is 58.9 Å². The lowest BCUT2D eigenvalue weighted by atomic mass is 10.1. The molecule has 0 bridgehead atoms. The molecule has 7 nitrogen and oxygen atoms in total. The fourth-order valence-electron chi connectivity index (χ4n) is 3.11. The molecule has 0 saturated carbocycles. The van der Waals surface area contributed by atoms with E-state index in [4.69, 9.17) is 0 Å². The molecule has 1 radical (unpaired) electrons. The average Bonchev–Trinajstić information content (AvgIpc) is 2.99. The van der Waals surface area contributed by atoms with Gasteiger partial charge >= 0.3 is 0 Å². The molecule has 0 saturated heterocycles. The van der Waals surface area contributed by atoms with Gasteiger partial charge in [-0.2, -0.15) is 4.31 Å². The van der Waals surface area contributed by atoms with Crippen LogP contribution in [0.25, 0.3) is 11.0 Å². The van der Waals surface area contributed by atoms with Crippen molar-refractivity contribution in [3.05, 3.63) is 23.8 Å². The van der Waals surface area contributed by atoms with Gasteiger partial charge in [-0.3, -0.25) is 9.78 Å². The molecule has 2 heterocycles. The van der Waals surface area contributed by atoms with Crippen LogP contribution in [0.5, 0.6) is 0 Å². The number of aryl methyl sites for hydroxylation is 2. The van der Waals surface area contributed by atoms with Gasteiger partial charge in [0.05, 0.1) is 23.0 Å². The third-order valence-corrected chi connectivity index (χ3v) is 6.56. The van der Waals surface area contributed by atoms with Crippen molar-refractivity contribution in [2.24, 2.45) is 5.92 Å². The van der Waals surface area contributed by atoms with Gasteiger partial charge in [-0.05, 0) is 44.6 Å². The number of hydrogen-bond acceptors (Lipinski definition) is 5. The highest BCUT2D eigenvalue weighted by Gasteiger charge is 2.26. The monoisotopic (exact) mass is 393 g/mol. The number of aromatic amines is 1. The van der Waals surface area contributed by atoms with Crippen molar-refractivity contribution in [2.75, 3.05) is 12.8 Å². The molecule has 2 rings (SSSR count). The van der Waals surface area contributed by atoms with E-state index in [0.29, 0.717) is 12.8 Å². The first kappa shape index (κ1) is 21.5. The summed E-state index contributed by atoms with van der Waals surface area (Å²) in [6.07, 6.45) is 7.03. The Kier molecular flexibility index (Phi) is 7.49. The summed E-state index contributed by atoms with van der Waals surface area (Å²) >= 11 is 0. The summed E-state index contributed by atoms with van der Waals surface area (Å²) < 4.78 is 26.1. The summed E-state index contributed by atoms with van der Waals surface area (Å²) in [6.45, 7) is 5.83. The summed E-state index contributed by atoms with van der Waals surface area (Å²) in [5, 5.41) is 0. The number of hydrogen-bond donors (Lipinski definition) is 1. The molecular formula is C19H29N4O3S. The first-order chi connectivity index (χ1) is 12.7. The van der Waals surface area contributed by atoms with Crippen LogP contribution >= 0.6 is 0 Å². The Morgan fingerprint density at radius 1 is 1.26 bits per heavy atom. The van der Waals surface area contributed by atoms with Crippen LogP contribution in [0.4, 0.5) is 0 Å². The molecule has 0 aliphatic rings. The lowest BCUT2D eigenvalue weighted by Crippen LogP contribution is -2.40. The van der Waals surface area contributed by atoms with E-state index in [2.05, 4.69) is 15.0 Å². The van der Waals surface area contributed by atoms with Crippen molar-refractivity contribution in [3.63, 3.8) is 0 Å². The average molecular weight is 394 g/mol. The van der Waals surface area contributed by atoms with E-state index >= 15 is 0 Å². The largest absolute Gasteiger partial charge is 0.342 e. The Labute approximate surface area is 161 Å². The molecule has 2 aromatic rings. The van der Waals surface area contributed by atoms with Gasteiger partial charge in [0.1, 0.15) is 11.3 Å². The number of pyridine rings is 1. The molecule has 0 fully saturated rings. The first-order valence-electron chi connectivity index (χ1n) is 9.38. The highest BCUT2D eigenvalue weighted by molar-refractivity contribution is 7.89. The molecule has 8 heteroatoms. The number of unbranched alkanes of at least 4 members (excludes halogenated alkanes) is 2. The summed E-state index contributed by atoms with van der Waals surface area (Å²) in [4.78, 5) is 23.2. The Morgan fingerprint density at radius 2 is 2.00 bits per heavy atom. The summed E-state index contributed by atoms with van der Waals surface area (Å²) in [7, 11) is -1.99. The molecule has 2 aromatic heterocycles. The van der Waals surface area contributed by atoms with Gasteiger partial charge in [-0.15, -0.1) is 0 Å². The van der Waals surface area contributed by atoms with E-state index in [0.717, 1.165) is 41.8 Å². The third kappa shape index (κ3) is 5.84. The molecule has 1 atom stereocenters. The summed E-state index contributed by atoms with van der Waals surface area (Å²) in [6, 6.07) is 1.19. The minimum Gasteiger partial charge on any atom is -0.342 e. The number of aromatic nitrogens is 3. The third-order valence-electron chi connectivity index (χ3n) is 4.62. The van der Waals surface area contributed by atoms with E-state index in [1.165, 1.54) is 11.4 Å². The number of sulfonamides is 1. The number of rotatable bonds is 11. The maximum Gasteiger partial charge on any atom is 0.218 e. The number of imidazole rings is 1. The van der Waals surface area contributed by atoms with Gasteiger partial charge in [0.15, 0.2) is 0 Å². The number of likely N-dealkylation sites (N-methyl/N-ethyl adjacent to an activating group) is 1. The van der Waals surface area contributed by atoms with Crippen LogP contribution in [0.1, 0.15) is 51.0 Å². The van der Waals surface area contributed by atoms with E-state index in [1.807, 2.05) is 33.1 Å². The van der Waals surface area contributed by atoms with Crippen molar-refractivity contribution in [1.29, 1.82) is 0 Å². The lowest BCUT2D eigenvalue weighted by Gasteiger charge is -2.23. The summed E-state index contributed by atoms with van der Waals surface area (Å²) in [5.74, 6) is 1.13. The normalized spacial score (nSPS) is 13.6. The fourth-order valence-corrected chi connectivity index (χ4v) is 4.48. The predicted molar refractivity (Wildman–Crippen MR) is 107 cm³/mol. The van der Waals surface area contributed by atoms with E-state index in [-0.39, 0.29) is 11.7 Å². The Bertz CT molecular complexity index is 861. The lowest BCUT2D eigenvalue weighted by molar-refractivity contribution is 0.366. The van der Waals surface area contributed by atoms with Crippen molar-refractivity contribution < 1.29 is 13.2 Å². The van der Waals surface area contributed by atoms with Crippen LogP contribution in [0.15, 0.2) is 12.3 Å². The van der Waals surface area contributed by atoms with Gasteiger partial charge in [-0.1, -0.05) is 20.3 Å². The zero-order valence-electron chi connectivity index (χ0n) is 16.5. The Hall–Kier alpha value is -1.80. The van der Waals surface area contributed by atoms with Crippen molar-refractivity contribution in [3.8, 4) is 0 Å². The van der Waals surface area contributed by atoms with Gasteiger partial charge in [-0.25, -0.2) is 13.4 Å². The number of nitrogens with zero attached hydrogens (tertiary/aromatic N) is 3. The number of fused-ring (bicyclic) bond motifs is 1. The minimum atomic E-state index is -3.46. The summed E-state index contributed by atoms with van der Waals surface area (Å²) in [5.41, 5.74) is 2.80. The standard InChI is InChI=1S/C19H29N4O3S/c1-14(2)12-16(13-24)23(4)27(25,26)11-7-5-6-8-17-19-18(9-10-20-17)21-15(3)22-19/h9-10,14,16H,5-8,11-12H2,1-4H3,(H,21,22)/t16-/m0/s1. The van der Waals surface area contributed by atoms with Crippen LogP contribution in [0.2, 0.25) is 0 Å². The maximum atomic E-state index is 12.4. The molecule has 0 amide bonds. The molecule has 1 N–H and O–H groups in total. The molecule has 0 aliphatic carbocycles. The maximum absolute atomic E-state index is 12.4. The van der Waals surface area contributed by atoms with Gasteiger partial charge in [0.2, 0.25) is 16.3 Å². The fraction of sp³-hybridized carbons (Fsp3) is 0.632. The second kappa shape index (κ2) is 9.41. The second-order valence-corrected chi connectivity index (χ2v) is 9.53. The van der Waals surface area contributed by atoms with E-state index < -0.39 is 16.1 Å². The smallest absolute Gasteiger partial charge is 0.218 e. The second-order valence-electron chi connectivity index (χ2n) is 7.38. The highest BCUT2D eigenvalue weighted by atomic mass is 32.2. The van der Waals surface area contributed by atoms with Gasteiger partial charge in [0, 0.05) is 13.2 Å². The van der Waals surface area contributed by atoms with E-state index in [1.54, 1.807) is 6.20 Å². The molecule has 0 aliphatic heterocycles. The molecular weight excluding hydrogens is 364 g/mol. The topological polar surface area (TPSA) is 96.0 Å². The minimum absolute atomic E-state index is 0.0406. The predicted octanol–water partition coefficient (Wildman–Crippen LogP) is 2.77. The molecule has 0 spiro atoms. The van der Waals surface area contributed by atoms with Crippen molar-refractivity contribution in [1.82, 2.24) is 19.3 Å². The van der Waals surface area contributed by atoms with E-state index in [9.17, 15) is 13.2 Å².